The zero-order valence-electron chi connectivity index (χ0n) is 15.7. The molecule has 0 unspecified atom stereocenters. The average Bonchev–Trinajstić information content (AvgIpc) is 3.01. The number of carbonyl (C=O) groups is 2. The van der Waals surface area contributed by atoms with Crippen molar-refractivity contribution in [2.45, 2.75) is 56.2 Å². The molecular formula is C18H32N4O4. The molecule has 2 heterocycles. The van der Waals surface area contributed by atoms with Crippen LogP contribution in [0.25, 0.3) is 0 Å². The van der Waals surface area contributed by atoms with Gasteiger partial charge in [-0.3, -0.25) is 9.69 Å². The number of ether oxygens (including phenoxy) is 1. The van der Waals surface area contributed by atoms with Crippen LogP contribution >= 0.6 is 0 Å². The Labute approximate surface area is 155 Å². The van der Waals surface area contributed by atoms with Gasteiger partial charge in [-0.2, -0.15) is 0 Å². The van der Waals surface area contributed by atoms with Crippen LogP contribution in [0.4, 0.5) is 4.79 Å². The molecule has 2 saturated heterocycles. The van der Waals surface area contributed by atoms with Crippen molar-refractivity contribution in [1.29, 1.82) is 0 Å². The predicted molar refractivity (Wildman–Crippen MR) is 96.8 cm³/mol. The summed E-state index contributed by atoms with van der Waals surface area (Å²) in [5.74, 6) is -0.0605. The normalized spacial score (nSPS) is 29.4. The lowest BCUT2D eigenvalue weighted by molar-refractivity contribution is -0.126. The minimum Gasteiger partial charge on any atom is -0.388 e. The first-order chi connectivity index (χ1) is 12.5. The van der Waals surface area contributed by atoms with Crippen molar-refractivity contribution in [2.24, 2.45) is 0 Å². The zero-order chi connectivity index (χ0) is 18.6. The second-order valence-electron chi connectivity index (χ2n) is 7.94. The lowest BCUT2D eigenvalue weighted by atomic mass is 9.85. The van der Waals surface area contributed by atoms with Gasteiger partial charge in [0.25, 0.3) is 0 Å². The summed E-state index contributed by atoms with van der Waals surface area (Å²) in [5, 5.41) is 16.5. The Bertz CT molecular complexity index is 503. The minimum absolute atomic E-state index is 0.0381. The van der Waals surface area contributed by atoms with Gasteiger partial charge in [-0.05, 0) is 26.3 Å². The highest BCUT2D eigenvalue weighted by atomic mass is 16.5. The van der Waals surface area contributed by atoms with E-state index in [1.807, 2.05) is 11.9 Å². The van der Waals surface area contributed by atoms with Crippen LogP contribution in [0.2, 0.25) is 0 Å². The van der Waals surface area contributed by atoms with E-state index in [0.29, 0.717) is 45.8 Å². The lowest BCUT2D eigenvalue weighted by Gasteiger charge is -2.32. The fourth-order valence-corrected chi connectivity index (χ4v) is 4.20. The standard InChI is InChI=1S/C18H32N4O4/c1-21-12-14(20-17(24)22-7-9-26-10-8-22)11-15(21)16(23)19-13-18(25)5-3-2-4-6-18/h14-15,25H,2-13H2,1H3,(H,19,23)(H,20,24)/t14-,15-/m0/s1. The molecular weight excluding hydrogens is 336 g/mol. The van der Waals surface area contributed by atoms with Crippen LogP contribution in [0.3, 0.4) is 0 Å². The highest BCUT2D eigenvalue weighted by Gasteiger charge is 2.37. The van der Waals surface area contributed by atoms with Gasteiger partial charge < -0.3 is 25.4 Å². The smallest absolute Gasteiger partial charge is 0.317 e. The van der Waals surface area contributed by atoms with Crippen LogP contribution in [0.15, 0.2) is 0 Å². The molecule has 8 heteroatoms. The van der Waals surface area contributed by atoms with E-state index in [1.54, 1.807) is 4.90 Å². The van der Waals surface area contributed by atoms with E-state index in [0.717, 1.165) is 32.1 Å². The van der Waals surface area contributed by atoms with Crippen LogP contribution in [-0.2, 0) is 9.53 Å². The number of aliphatic hydroxyl groups is 1. The molecule has 148 valence electrons. The summed E-state index contributed by atoms with van der Waals surface area (Å²) >= 11 is 0. The van der Waals surface area contributed by atoms with Gasteiger partial charge in [0.1, 0.15) is 0 Å². The van der Waals surface area contributed by atoms with Crippen molar-refractivity contribution in [3.05, 3.63) is 0 Å². The molecule has 2 aliphatic heterocycles. The molecule has 0 bridgehead atoms. The van der Waals surface area contributed by atoms with Crippen molar-refractivity contribution in [3.63, 3.8) is 0 Å². The van der Waals surface area contributed by atoms with Gasteiger partial charge >= 0.3 is 6.03 Å². The number of amides is 3. The van der Waals surface area contributed by atoms with Crippen molar-refractivity contribution < 1.29 is 19.4 Å². The third-order valence-corrected chi connectivity index (χ3v) is 5.85. The zero-order valence-corrected chi connectivity index (χ0v) is 15.7. The third kappa shape index (κ3) is 4.86. The lowest BCUT2D eigenvalue weighted by Crippen LogP contribution is -2.49. The number of morpholine rings is 1. The van der Waals surface area contributed by atoms with Crippen molar-refractivity contribution >= 4 is 11.9 Å². The molecule has 3 amide bonds. The summed E-state index contributed by atoms with van der Waals surface area (Å²) in [7, 11) is 1.90. The molecule has 0 aromatic carbocycles. The number of hydrogen-bond donors (Lipinski definition) is 3. The van der Waals surface area contributed by atoms with Gasteiger partial charge in [0.15, 0.2) is 0 Å². The number of likely N-dealkylation sites (tertiary alicyclic amines) is 1. The molecule has 26 heavy (non-hydrogen) atoms. The van der Waals surface area contributed by atoms with Gasteiger partial charge in [-0.15, -0.1) is 0 Å². The summed E-state index contributed by atoms with van der Waals surface area (Å²) < 4.78 is 5.27. The molecule has 0 spiro atoms. The molecule has 0 aromatic rings. The van der Waals surface area contributed by atoms with Crippen LogP contribution in [-0.4, -0.2) is 91.0 Å². The van der Waals surface area contributed by atoms with E-state index in [2.05, 4.69) is 10.6 Å². The molecule has 1 aliphatic carbocycles. The maximum Gasteiger partial charge on any atom is 0.317 e. The summed E-state index contributed by atoms with van der Waals surface area (Å²) in [6.07, 6.45) is 5.30. The Morgan fingerprint density at radius 2 is 1.88 bits per heavy atom. The van der Waals surface area contributed by atoms with Gasteiger partial charge in [0.2, 0.25) is 5.91 Å². The number of nitrogens with zero attached hydrogens (tertiary/aromatic N) is 2. The molecule has 3 aliphatic rings. The first-order valence-electron chi connectivity index (χ1n) is 9.80. The second-order valence-corrected chi connectivity index (χ2v) is 7.94. The highest BCUT2D eigenvalue weighted by Crippen LogP contribution is 2.27. The Kier molecular flexibility index (Phi) is 6.37. The molecule has 2 atom stereocenters. The predicted octanol–water partition coefficient (Wildman–Crippen LogP) is -0.0877. The molecule has 3 fully saturated rings. The summed E-state index contributed by atoms with van der Waals surface area (Å²) in [5.41, 5.74) is -0.755. The number of rotatable bonds is 4. The van der Waals surface area contributed by atoms with E-state index in [9.17, 15) is 14.7 Å². The van der Waals surface area contributed by atoms with E-state index >= 15 is 0 Å². The quantitative estimate of drug-likeness (QED) is 0.645. The summed E-state index contributed by atoms with van der Waals surface area (Å²) in [6, 6.07) is -0.384. The van der Waals surface area contributed by atoms with E-state index in [4.69, 9.17) is 4.74 Å². The van der Waals surface area contributed by atoms with Gasteiger partial charge in [-0.1, -0.05) is 19.3 Å². The largest absolute Gasteiger partial charge is 0.388 e. The fourth-order valence-electron chi connectivity index (χ4n) is 4.20. The van der Waals surface area contributed by atoms with Crippen LogP contribution < -0.4 is 10.6 Å². The Hall–Kier alpha value is -1.38. The first-order valence-corrected chi connectivity index (χ1v) is 9.80. The Morgan fingerprint density at radius 1 is 1.19 bits per heavy atom. The van der Waals surface area contributed by atoms with Crippen molar-refractivity contribution in [1.82, 2.24) is 20.4 Å². The van der Waals surface area contributed by atoms with Gasteiger partial charge in [-0.25, -0.2) is 4.79 Å². The molecule has 3 rings (SSSR count). The maximum absolute atomic E-state index is 12.6. The average molecular weight is 368 g/mol. The maximum atomic E-state index is 12.6. The van der Waals surface area contributed by atoms with Crippen LogP contribution in [0, 0.1) is 0 Å². The van der Waals surface area contributed by atoms with Crippen molar-refractivity contribution in [3.8, 4) is 0 Å². The fraction of sp³-hybridized carbons (Fsp3) is 0.889. The molecule has 0 radical (unpaired) electrons. The van der Waals surface area contributed by atoms with Gasteiger partial charge in [0, 0.05) is 32.2 Å². The second kappa shape index (κ2) is 8.54. The van der Waals surface area contributed by atoms with Gasteiger partial charge in [0.05, 0.1) is 24.9 Å². The number of nitrogens with one attached hydrogen (secondary N) is 2. The molecule has 3 N–H and O–H groups in total. The first kappa shape index (κ1) is 19.4. The third-order valence-electron chi connectivity index (χ3n) is 5.85. The van der Waals surface area contributed by atoms with Crippen molar-refractivity contribution in [2.75, 3.05) is 46.4 Å². The highest BCUT2D eigenvalue weighted by molar-refractivity contribution is 5.82. The monoisotopic (exact) mass is 368 g/mol. The number of likely N-dealkylation sites (N-methyl/N-ethyl adjacent to an activating group) is 1. The van der Waals surface area contributed by atoms with E-state index in [1.165, 1.54) is 0 Å². The van der Waals surface area contributed by atoms with Crippen LogP contribution in [0.1, 0.15) is 38.5 Å². The van der Waals surface area contributed by atoms with Crippen LogP contribution in [0.5, 0.6) is 0 Å². The number of urea groups is 1. The number of hydrogen-bond acceptors (Lipinski definition) is 5. The molecule has 1 saturated carbocycles. The number of carbonyl (C=O) groups excluding carboxylic acids is 2. The summed E-state index contributed by atoms with van der Waals surface area (Å²) in [6.45, 7) is 3.34. The molecule has 8 nitrogen and oxygen atoms in total. The SMILES string of the molecule is CN1C[C@@H](NC(=O)N2CCOCC2)C[C@H]1C(=O)NCC1(O)CCCCC1. The van der Waals surface area contributed by atoms with E-state index in [-0.39, 0.29) is 24.0 Å². The topological polar surface area (TPSA) is 94.1 Å². The molecule has 0 aromatic heterocycles. The summed E-state index contributed by atoms with van der Waals surface area (Å²) in [4.78, 5) is 28.6. The minimum atomic E-state index is -0.755. The Balaban J connectivity index is 1.45. The van der Waals surface area contributed by atoms with E-state index < -0.39 is 5.60 Å². The Morgan fingerprint density at radius 3 is 2.58 bits per heavy atom.